The first kappa shape index (κ1) is 17.3. The summed E-state index contributed by atoms with van der Waals surface area (Å²) >= 11 is 0. The fraction of sp³-hybridized carbons (Fsp3) is 0.750. The minimum atomic E-state index is -0.988. The van der Waals surface area contributed by atoms with Gasteiger partial charge in [-0.1, -0.05) is 18.2 Å². The van der Waals surface area contributed by atoms with Crippen molar-refractivity contribution in [2.45, 2.75) is 75.5 Å². The van der Waals surface area contributed by atoms with Gasteiger partial charge in [0, 0.05) is 5.92 Å². The van der Waals surface area contributed by atoms with Gasteiger partial charge < -0.3 is 19.3 Å². The number of carbonyl (C=O) groups excluding carboxylic acids is 1. The van der Waals surface area contributed by atoms with Gasteiger partial charge in [0.05, 0.1) is 29.8 Å². The molecular weight excluding hydrogens is 320 g/mol. The molecule has 1 aliphatic carbocycles. The fourth-order valence-corrected chi connectivity index (χ4v) is 4.60. The van der Waals surface area contributed by atoms with Crippen LogP contribution in [0.25, 0.3) is 0 Å². The van der Waals surface area contributed by atoms with Crippen molar-refractivity contribution in [3.63, 3.8) is 0 Å². The van der Waals surface area contributed by atoms with Crippen molar-refractivity contribution in [1.82, 2.24) is 0 Å². The van der Waals surface area contributed by atoms with Crippen LogP contribution in [0, 0.1) is 11.8 Å². The average molecular weight is 348 g/mol. The van der Waals surface area contributed by atoms with Gasteiger partial charge in [-0.25, -0.2) is 0 Å². The molecule has 5 heteroatoms. The fourth-order valence-electron chi connectivity index (χ4n) is 4.60. The van der Waals surface area contributed by atoms with E-state index in [1.165, 1.54) is 0 Å². The van der Waals surface area contributed by atoms with E-state index in [0.717, 1.165) is 31.3 Å². The lowest BCUT2D eigenvalue weighted by molar-refractivity contribution is -0.149. The lowest BCUT2D eigenvalue weighted by Crippen LogP contribution is -2.39. The number of carbonyl (C=O) groups is 1. The summed E-state index contributed by atoms with van der Waals surface area (Å²) in [5.74, 6) is -0.715. The third kappa shape index (κ3) is 2.77. The van der Waals surface area contributed by atoms with Crippen LogP contribution in [-0.2, 0) is 19.0 Å². The second kappa shape index (κ2) is 5.41. The van der Waals surface area contributed by atoms with Crippen molar-refractivity contribution in [3.05, 3.63) is 24.3 Å². The first-order valence-corrected chi connectivity index (χ1v) is 9.27. The van der Waals surface area contributed by atoms with Gasteiger partial charge in [-0.15, -0.1) is 0 Å². The van der Waals surface area contributed by atoms with Crippen molar-refractivity contribution < 1.29 is 24.1 Å². The summed E-state index contributed by atoms with van der Waals surface area (Å²) < 4.78 is 17.2. The van der Waals surface area contributed by atoms with E-state index in [-0.39, 0.29) is 47.8 Å². The molecule has 6 atom stereocenters. The normalized spacial score (nSPS) is 48.2. The summed E-state index contributed by atoms with van der Waals surface area (Å²) in [7, 11) is 0. The van der Waals surface area contributed by atoms with Crippen LogP contribution < -0.4 is 0 Å². The van der Waals surface area contributed by atoms with Crippen LogP contribution in [0.15, 0.2) is 24.3 Å². The molecular formula is C20H28O5. The Bertz CT molecular complexity index is 638. The molecule has 4 rings (SSSR count). The molecule has 1 N–H and O–H groups in total. The van der Waals surface area contributed by atoms with E-state index >= 15 is 0 Å². The van der Waals surface area contributed by atoms with E-state index in [9.17, 15) is 9.90 Å². The van der Waals surface area contributed by atoms with Crippen LogP contribution >= 0.6 is 0 Å². The molecule has 3 heterocycles. The van der Waals surface area contributed by atoms with E-state index in [1.807, 2.05) is 26.0 Å². The Hall–Kier alpha value is -1.17. The van der Waals surface area contributed by atoms with Gasteiger partial charge in [-0.05, 0) is 52.5 Å². The lowest BCUT2D eigenvalue weighted by Gasteiger charge is -2.31. The van der Waals surface area contributed by atoms with Gasteiger partial charge in [0.2, 0.25) is 0 Å². The van der Waals surface area contributed by atoms with Crippen molar-refractivity contribution in [2.24, 2.45) is 11.8 Å². The molecule has 0 spiro atoms. The van der Waals surface area contributed by atoms with E-state index in [1.54, 1.807) is 0 Å². The monoisotopic (exact) mass is 348 g/mol. The number of rotatable bonds is 3. The quantitative estimate of drug-likeness (QED) is 0.482. The van der Waals surface area contributed by atoms with Crippen LogP contribution in [0.4, 0.5) is 0 Å². The Morgan fingerprint density at radius 1 is 1.28 bits per heavy atom. The number of ether oxygens (including phenoxy) is 3. The van der Waals surface area contributed by atoms with E-state index < -0.39 is 5.60 Å². The highest BCUT2D eigenvalue weighted by atomic mass is 16.6. The highest BCUT2D eigenvalue weighted by Crippen LogP contribution is 2.52. The summed E-state index contributed by atoms with van der Waals surface area (Å²) in [5.41, 5.74) is -0.369. The Morgan fingerprint density at radius 3 is 2.64 bits per heavy atom. The lowest BCUT2D eigenvalue weighted by atomic mass is 9.74. The maximum Gasteiger partial charge on any atom is 0.314 e. The Labute approximate surface area is 149 Å². The maximum atomic E-state index is 12.6. The number of aliphatic hydroxyl groups is 1. The maximum absolute atomic E-state index is 12.6. The number of fused-ring (bicyclic) bond motifs is 2. The molecule has 0 amide bonds. The Balaban J connectivity index is 1.63. The predicted octanol–water partition coefficient (Wildman–Crippen LogP) is 2.53. The van der Waals surface area contributed by atoms with Crippen LogP contribution in [0.2, 0.25) is 0 Å². The number of hydrogen-bond donors (Lipinski definition) is 1. The average Bonchev–Trinajstić information content (AvgIpc) is 3.35. The van der Waals surface area contributed by atoms with Gasteiger partial charge in [0.1, 0.15) is 6.10 Å². The molecule has 0 radical (unpaired) electrons. The summed E-state index contributed by atoms with van der Waals surface area (Å²) in [6.07, 6.45) is 7.35. The van der Waals surface area contributed by atoms with Gasteiger partial charge >= 0.3 is 5.97 Å². The zero-order valence-electron chi connectivity index (χ0n) is 15.3. The molecule has 3 aliphatic heterocycles. The molecule has 25 heavy (non-hydrogen) atoms. The largest absolute Gasteiger partial charge is 0.452 e. The molecule has 0 aromatic heterocycles. The summed E-state index contributed by atoms with van der Waals surface area (Å²) in [6.45, 7) is 10.1. The van der Waals surface area contributed by atoms with Crippen molar-refractivity contribution in [3.8, 4) is 0 Å². The smallest absolute Gasteiger partial charge is 0.314 e. The molecule has 0 bridgehead atoms. The third-order valence-electron chi connectivity index (χ3n) is 6.59. The van der Waals surface area contributed by atoms with E-state index in [0.29, 0.717) is 0 Å². The van der Waals surface area contributed by atoms with Crippen molar-refractivity contribution in [2.75, 3.05) is 6.61 Å². The topological polar surface area (TPSA) is 71.6 Å². The molecule has 5 nitrogen and oxygen atoms in total. The van der Waals surface area contributed by atoms with Crippen LogP contribution in [-0.4, -0.2) is 46.7 Å². The van der Waals surface area contributed by atoms with Gasteiger partial charge in [0.25, 0.3) is 0 Å². The summed E-state index contributed by atoms with van der Waals surface area (Å²) in [4.78, 5) is 12.6. The van der Waals surface area contributed by atoms with Crippen molar-refractivity contribution in [1.29, 1.82) is 0 Å². The molecule has 1 saturated carbocycles. The van der Waals surface area contributed by atoms with Crippen LogP contribution in [0.1, 0.15) is 46.5 Å². The Kier molecular flexibility index (Phi) is 3.74. The first-order valence-electron chi connectivity index (χ1n) is 9.27. The number of epoxide rings is 2. The molecule has 0 aromatic rings. The van der Waals surface area contributed by atoms with Crippen LogP contribution in [0.5, 0.6) is 0 Å². The molecule has 4 aliphatic rings. The SMILES string of the molecule is C=C1CC[C@@H]2O[C@@]2(C)CC[C@H]2[C@H]1C(=O)O[C@@]2(/C=C/[C@H]1OC1(C)C)CO. The zero-order valence-corrected chi connectivity index (χ0v) is 15.3. The predicted molar refractivity (Wildman–Crippen MR) is 91.9 cm³/mol. The number of cyclic esters (lactones) is 1. The van der Waals surface area contributed by atoms with E-state index in [2.05, 4.69) is 13.5 Å². The Morgan fingerprint density at radius 2 is 2.00 bits per heavy atom. The minimum absolute atomic E-state index is 0.00174. The number of esters is 1. The standard InChI is InChI=1S/C20H28O5/c1-12-5-6-15-19(4,24-15)9-7-13-16(12)17(22)25-20(13,11-21)10-8-14-18(2,3)23-14/h8,10,13-16,21H,1,5-7,9,11H2,2-4H3/b10-8+/t13-,14+,15-,16-,19-,20-/m0/s1. The first-order chi connectivity index (χ1) is 11.7. The molecule has 4 fully saturated rings. The summed E-state index contributed by atoms with van der Waals surface area (Å²) in [5, 5.41) is 10.2. The molecule has 3 saturated heterocycles. The minimum Gasteiger partial charge on any atom is -0.452 e. The number of aliphatic hydroxyl groups excluding tert-OH is 1. The molecule has 138 valence electrons. The second-order valence-electron chi connectivity index (χ2n) is 8.77. The third-order valence-corrected chi connectivity index (χ3v) is 6.59. The van der Waals surface area contributed by atoms with Gasteiger partial charge in [-0.2, -0.15) is 0 Å². The second-order valence-corrected chi connectivity index (χ2v) is 8.77. The zero-order chi connectivity index (χ0) is 18.0. The summed E-state index contributed by atoms with van der Waals surface area (Å²) in [6, 6.07) is 0. The number of hydrogen-bond acceptors (Lipinski definition) is 5. The van der Waals surface area contributed by atoms with Gasteiger partial charge in [-0.3, -0.25) is 4.79 Å². The van der Waals surface area contributed by atoms with Crippen molar-refractivity contribution >= 4 is 5.97 Å². The highest BCUT2D eigenvalue weighted by molar-refractivity contribution is 5.79. The van der Waals surface area contributed by atoms with Gasteiger partial charge in [0.15, 0.2) is 5.60 Å². The molecule has 0 aromatic carbocycles. The highest BCUT2D eigenvalue weighted by Gasteiger charge is 2.59. The van der Waals surface area contributed by atoms with E-state index in [4.69, 9.17) is 14.2 Å². The molecule has 0 unspecified atom stereocenters. The van der Waals surface area contributed by atoms with Crippen LogP contribution in [0.3, 0.4) is 0 Å².